The summed E-state index contributed by atoms with van der Waals surface area (Å²) in [7, 11) is 1.66. The number of methoxy groups -OCH3 is 1. The highest BCUT2D eigenvalue weighted by Gasteiger charge is 2.37. The van der Waals surface area contributed by atoms with E-state index in [1.165, 1.54) is 23.3 Å². The van der Waals surface area contributed by atoms with E-state index >= 15 is 0 Å². The third kappa shape index (κ3) is 3.12. The van der Waals surface area contributed by atoms with E-state index in [0.717, 1.165) is 34.7 Å². The minimum absolute atomic E-state index is 0.0327. The Hall–Kier alpha value is -2.01. The summed E-state index contributed by atoms with van der Waals surface area (Å²) in [4.78, 5) is 14.3. The fraction of sp³-hybridized carbons (Fsp3) is 0.500. The van der Waals surface area contributed by atoms with Crippen molar-refractivity contribution in [1.29, 1.82) is 0 Å². The van der Waals surface area contributed by atoms with Gasteiger partial charge in [0.25, 0.3) is 5.91 Å². The number of carbonyl (C=O) groups excluding carboxylic acids is 1. The molecule has 0 spiro atoms. The van der Waals surface area contributed by atoms with Crippen LogP contribution in [0.3, 0.4) is 0 Å². The van der Waals surface area contributed by atoms with Gasteiger partial charge in [0, 0.05) is 10.4 Å². The summed E-state index contributed by atoms with van der Waals surface area (Å²) >= 11 is 1.77. The van der Waals surface area contributed by atoms with Crippen LogP contribution in [0.25, 0.3) is 0 Å². The summed E-state index contributed by atoms with van der Waals surface area (Å²) in [5.41, 5.74) is 3.43. The van der Waals surface area contributed by atoms with Crippen LogP contribution in [0.1, 0.15) is 66.1 Å². The number of nitrogens with one attached hydrogen (secondary N) is 2. The molecule has 2 atom stereocenters. The monoisotopic (exact) mass is 384 g/mol. The van der Waals surface area contributed by atoms with Gasteiger partial charge < -0.3 is 15.4 Å². The lowest BCUT2D eigenvalue weighted by atomic mass is 9.69. The van der Waals surface area contributed by atoms with Crippen LogP contribution >= 0.6 is 11.3 Å². The van der Waals surface area contributed by atoms with Crippen molar-refractivity contribution in [3.05, 3.63) is 45.8 Å². The van der Waals surface area contributed by atoms with Gasteiger partial charge in [0.2, 0.25) is 0 Å². The Morgan fingerprint density at radius 2 is 2.04 bits per heavy atom. The quantitative estimate of drug-likeness (QED) is 0.766. The minimum atomic E-state index is -0.260. The molecular weight excluding hydrogens is 356 g/mol. The van der Waals surface area contributed by atoms with Crippen molar-refractivity contribution < 1.29 is 9.53 Å². The first kappa shape index (κ1) is 18.4. The van der Waals surface area contributed by atoms with Crippen molar-refractivity contribution in [2.24, 2.45) is 11.3 Å². The van der Waals surface area contributed by atoms with Crippen LogP contribution in [0.5, 0.6) is 5.75 Å². The van der Waals surface area contributed by atoms with Gasteiger partial charge >= 0.3 is 0 Å². The number of amides is 1. The molecule has 1 aliphatic carbocycles. The summed E-state index contributed by atoms with van der Waals surface area (Å²) in [6.07, 6.45) is 4.18. The minimum Gasteiger partial charge on any atom is -0.496 e. The molecular formula is C22H28N2O2S. The van der Waals surface area contributed by atoms with E-state index in [2.05, 4.69) is 31.4 Å². The Kier molecular flexibility index (Phi) is 4.66. The molecule has 0 unspecified atom stereocenters. The number of fused-ring (bicyclic) bond motifs is 3. The lowest BCUT2D eigenvalue weighted by Gasteiger charge is -2.36. The predicted molar refractivity (Wildman–Crippen MR) is 111 cm³/mol. The van der Waals surface area contributed by atoms with Crippen molar-refractivity contribution >= 4 is 22.2 Å². The van der Waals surface area contributed by atoms with Crippen LogP contribution in [0.15, 0.2) is 24.3 Å². The molecule has 144 valence electrons. The van der Waals surface area contributed by atoms with Gasteiger partial charge in [0.15, 0.2) is 0 Å². The average molecular weight is 385 g/mol. The molecule has 27 heavy (non-hydrogen) atoms. The van der Waals surface area contributed by atoms with E-state index in [1.54, 1.807) is 18.4 Å². The zero-order valence-electron chi connectivity index (χ0n) is 16.5. The second kappa shape index (κ2) is 6.86. The van der Waals surface area contributed by atoms with Gasteiger partial charge in [-0.25, -0.2) is 0 Å². The Balaban J connectivity index is 1.65. The normalized spacial score (nSPS) is 21.7. The summed E-state index contributed by atoms with van der Waals surface area (Å²) in [6.45, 7) is 7.03. The van der Waals surface area contributed by atoms with Crippen LogP contribution in [0.4, 0.5) is 5.00 Å². The van der Waals surface area contributed by atoms with E-state index in [9.17, 15) is 4.79 Å². The third-order valence-electron chi connectivity index (χ3n) is 6.51. The molecule has 2 N–H and O–H groups in total. The second-order valence-electron chi connectivity index (χ2n) is 8.28. The van der Waals surface area contributed by atoms with E-state index < -0.39 is 0 Å². The van der Waals surface area contributed by atoms with Gasteiger partial charge in [-0.1, -0.05) is 45.4 Å². The van der Waals surface area contributed by atoms with Crippen molar-refractivity contribution in [3.63, 3.8) is 0 Å². The van der Waals surface area contributed by atoms with Gasteiger partial charge in [0.1, 0.15) is 16.9 Å². The third-order valence-corrected chi connectivity index (χ3v) is 7.70. The largest absolute Gasteiger partial charge is 0.496 e. The molecule has 2 aliphatic rings. The number of hydrogen-bond acceptors (Lipinski definition) is 4. The highest BCUT2D eigenvalue weighted by Crippen LogP contribution is 2.47. The molecule has 0 saturated carbocycles. The fourth-order valence-electron chi connectivity index (χ4n) is 4.31. The highest BCUT2D eigenvalue weighted by atomic mass is 32.1. The highest BCUT2D eigenvalue weighted by molar-refractivity contribution is 7.16. The lowest BCUT2D eigenvalue weighted by Crippen LogP contribution is -2.38. The van der Waals surface area contributed by atoms with E-state index in [4.69, 9.17) is 4.74 Å². The number of para-hydroxylation sites is 1. The number of hydrogen-bond donors (Lipinski definition) is 2. The molecule has 1 aromatic carbocycles. The average Bonchev–Trinajstić information content (AvgIpc) is 3.05. The Morgan fingerprint density at radius 3 is 2.78 bits per heavy atom. The van der Waals surface area contributed by atoms with Crippen LogP contribution in [-0.2, 0) is 12.8 Å². The molecule has 1 aromatic heterocycles. The number of rotatable bonds is 4. The maximum absolute atomic E-state index is 13.0. The lowest BCUT2D eigenvalue weighted by molar-refractivity contribution is 0.0934. The first-order valence-electron chi connectivity index (χ1n) is 9.79. The summed E-state index contributed by atoms with van der Waals surface area (Å²) in [5, 5.41) is 7.69. The van der Waals surface area contributed by atoms with Crippen LogP contribution in [0.2, 0.25) is 0 Å². The van der Waals surface area contributed by atoms with Crippen molar-refractivity contribution in [3.8, 4) is 5.75 Å². The zero-order valence-corrected chi connectivity index (χ0v) is 17.3. The molecule has 1 aliphatic heterocycles. The summed E-state index contributed by atoms with van der Waals surface area (Å²) in [5.74, 6) is 1.50. The van der Waals surface area contributed by atoms with Gasteiger partial charge in [-0.15, -0.1) is 11.3 Å². The zero-order chi connectivity index (χ0) is 19.2. The van der Waals surface area contributed by atoms with Gasteiger partial charge in [-0.05, 0) is 42.2 Å². The standard InChI is InChI=1S/C22H28N2O2S/c1-5-22(2,3)13-10-11-15-17(12-13)27-21-18(15)20(25)23-19(24-21)14-8-6-7-9-16(14)26-4/h6-9,13,19,24H,5,10-12H2,1-4H3,(H,23,25)/t13-,19-/m1/s1. The van der Waals surface area contributed by atoms with Gasteiger partial charge in [-0.2, -0.15) is 0 Å². The van der Waals surface area contributed by atoms with Crippen molar-refractivity contribution in [2.45, 2.75) is 52.6 Å². The Labute approximate surface area is 165 Å². The number of anilines is 1. The topological polar surface area (TPSA) is 50.4 Å². The Morgan fingerprint density at radius 1 is 1.26 bits per heavy atom. The first-order chi connectivity index (χ1) is 12.9. The van der Waals surface area contributed by atoms with Crippen molar-refractivity contribution in [1.82, 2.24) is 5.32 Å². The number of carbonyl (C=O) groups is 1. The molecule has 1 amide bonds. The molecule has 4 nitrogen and oxygen atoms in total. The maximum Gasteiger partial charge on any atom is 0.256 e. The van der Waals surface area contributed by atoms with E-state index in [1.807, 2.05) is 24.3 Å². The van der Waals surface area contributed by atoms with Crippen molar-refractivity contribution in [2.75, 3.05) is 12.4 Å². The molecule has 0 bridgehead atoms. The molecule has 0 radical (unpaired) electrons. The Bertz CT molecular complexity index is 871. The fourth-order valence-corrected chi connectivity index (χ4v) is 5.67. The molecule has 2 aromatic rings. The predicted octanol–water partition coefficient (Wildman–Crippen LogP) is 5.15. The molecule has 0 saturated heterocycles. The number of ether oxygens (including phenoxy) is 1. The van der Waals surface area contributed by atoms with E-state index in [-0.39, 0.29) is 12.1 Å². The molecule has 5 heteroatoms. The van der Waals surface area contributed by atoms with E-state index in [0.29, 0.717) is 11.3 Å². The molecule has 0 fully saturated rings. The van der Waals surface area contributed by atoms with Gasteiger partial charge in [-0.3, -0.25) is 4.79 Å². The summed E-state index contributed by atoms with van der Waals surface area (Å²) in [6, 6.07) is 7.83. The SMILES string of the molecule is CCC(C)(C)[C@@H]1CCc2c(sc3c2C(=O)N[C@@H](c2ccccc2OC)N3)C1. The van der Waals surface area contributed by atoms with Crippen LogP contribution < -0.4 is 15.4 Å². The maximum atomic E-state index is 13.0. The van der Waals surface area contributed by atoms with Crippen LogP contribution in [0, 0.1) is 11.3 Å². The molecule has 4 rings (SSSR count). The smallest absolute Gasteiger partial charge is 0.256 e. The number of benzene rings is 1. The summed E-state index contributed by atoms with van der Waals surface area (Å²) < 4.78 is 5.48. The first-order valence-corrected chi connectivity index (χ1v) is 10.6. The van der Waals surface area contributed by atoms with Gasteiger partial charge in [0.05, 0.1) is 12.7 Å². The second-order valence-corrected chi connectivity index (χ2v) is 9.39. The number of thiophene rings is 1. The van der Waals surface area contributed by atoms with Crippen LogP contribution in [-0.4, -0.2) is 13.0 Å². The molecule has 2 heterocycles.